The van der Waals surface area contributed by atoms with Gasteiger partial charge in [0.2, 0.25) is 0 Å². The zero-order valence-corrected chi connectivity index (χ0v) is 9.63. The number of rotatable bonds is 7. The predicted molar refractivity (Wildman–Crippen MR) is 65.5 cm³/mol. The van der Waals surface area contributed by atoms with Crippen molar-refractivity contribution in [3.05, 3.63) is 29.3 Å². The predicted octanol–water partition coefficient (Wildman–Crippen LogP) is 3.30. The molecule has 0 radical (unpaired) electrons. The molecule has 0 spiro atoms. The van der Waals surface area contributed by atoms with E-state index in [1.54, 1.807) is 0 Å². The first-order chi connectivity index (χ1) is 7.33. The van der Waals surface area contributed by atoms with Crippen LogP contribution in [0.15, 0.2) is 24.3 Å². The summed E-state index contributed by atoms with van der Waals surface area (Å²) in [5, 5.41) is 12.7. The van der Waals surface area contributed by atoms with Gasteiger partial charge in [-0.05, 0) is 31.0 Å². The zero-order valence-electron chi connectivity index (χ0n) is 8.88. The first-order valence-corrected chi connectivity index (χ1v) is 5.81. The molecule has 1 rings (SSSR count). The molecule has 0 unspecified atom stereocenters. The molecule has 0 atom stereocenters. The SMILES string of the molecule is OCCCCCCNc1cccc(Cl)c1. The van der Waals surface area contributed by atoms with Gasteiger partial charge in [-0.15, -0.1) is 0 Å². The summed E-state index contributed by atoms with van der Waals surface area (Å²) in [7, 11) is 0. The summed E-state index contributed by atoms with van der Waals surface area (Å²) in [6.07, 6.45) is 4.31. The summed E-state index contributed by atoms with van der Waals surface area (Å²) in [5.41, 5.74) is 1.07. The molecule has 84 valence electrons. The molecule has 3 heteroatoms. The summed E-state index contributed by atoms with van der Waals surface area (Å²) in [6.45, 7) is 1.27. The number of hydrogen-bond donors (Lipinski definition) is 2. The molecule has 2 N–H and O–H groups in total. The van der Waals surface area contributed by atoms with Gasteiger partial charge >= 0.3 is 0 Å². The summed E-state index contributed by atoms with van der Waals surface area (Å²) in [6, 6.07) is 7.75. The van der Waals surface area contributed by atoms with E-state index in [9.17, 15) is 0 Å². The van der Waals surface area contributed by atoms with Gasteiger partial charge in [-0.1, -0.05) is 30.5 Å². The first kappa shape index (κ1) is 12.3. The van der Waals surface area contributed by atoms with Crippen molar-refractivity contribution in [2.45, 2.75) is 25.7 Å². The molecule has 0 aliphatic heterocycles. The second-order valence-corrected chi connectivity index (χ2v) is 4.01. The van der Waals surface area contributed by atoms with Crippen LogP contribution in [0, 0.1) is 0 Å². The maximum atomic E-state index is 8.60. The topological polar surface area (TPSA) is 32.3 Å². The lowest BCUT2D eigenvalue weighted by Crippen LogP contribution is -2.01. The van der Waals surface area contributed by atoms with Gasteiger partial charge in [0, 0.05) is 23.9 Å². The van der Waals surface area contributed by atoms with Crippen molar-refractivity contribution in [3.8, 4) is 0 Å². The van der Waals surface area contributed by atoms with Crippen molar-refractivity contribution in [2.75, 3.05) is 18.5 Å². The number of aliphatic hydroxyl groups is 1. The average molecular weight is 228 g/mol. The van der Waals surface area contributed by atoms with Crippen LogP contribution in [0.3, 0.4) is 0 Å². The highest BCUT2D eigenvalue weighted by Gasteiger charge is 1.93. The van der Waals surface area contributed by atoms with Crippen LogP contribution in [-0.4, -0.2) is 18.3 Å². The van der Waals surface area contributed by atoms with E-state index in [1.165, 1.54) is 0 Å². The van der Waals surface area contributed by atoms with Gasteiger partial charge in [0.05, 0.1) is 0 Å². The van der Waals surface area contributed by atoms with Gasteiger partial charge in [-0.25, -0.2) is 0 Å². The summed E-state index contributed by atoms with van der Waals surface area (Å²) in [5.74, 6) is 0. The molecule has 0 bridgehead atoms. The molecule has 1 aromatic rings. The van der Waals surface area contributed by atoms with Crippen molar-refractivity contribution in [1.82, 2.24) is 0 Å². The molecular weight excluding hydrogens is 210 g/mol. The Kier molecular flexibility index (Phi) is 6.21. The third-order valence-electron chi connectivity index (χ3n) is 2.24. The molecule has 0 aliphatic carbocycles. The normalized spacial score (nSPS) is 10.3. The highest BCUT2D eigenvalue weighted by molar-refractivity contribution is 6.30. The number of halogens is 1. The van der Waals surface area contributed by atoms with Gasteiger partial charge in [0.15, 0.2) is 0 Å². The Hall–Kier alpha value is -0.730. The standard InChI is InChI=1S/C12H18ClNO/c13-11-6-5-7-12(10-11)14-8-3-1-2-4-9-15/h5-7,10,14-15H,1-4,8-9H2. The van der Waals surface area contributed by atoms with Crippen molar-refractivity contribution in [3.63, 3.8) is 0 Å². The van der Waals surface area contributed by atoms with Crippen LogP contribution in [0.4, 0.5) is 5.69 Å². The fourth-order valence-electron chi connectivity index (χ4n) is 1.42. The van der Waals surface area contributed by atoms with Crippen LogP contribution >= 0.6 is 11.6 Å². The van der Waals surface area contributed by atoms with E-state index in [4.69, 9.17) is 16.7 Å². The third-order valence-corrected chi connectivity index (χ3v) is 2.47. The Balaban J connectivity index is 2.10. The lowest BCUT2D eigenvalue weighted by molar-refractivity contribution is 0.283. The molecular formula is C12H18ClNO. The summed E-state index contributed by atoms with van der Waals surface area (Å²) in [4.78, 5) is 0. The Morgan fingerprint density at radius 1 is 1.13 bits per heavy atom. The van der Waals surface area contributed by atoms with E-state index in [0.29, 0.717) is 6.61 Å². The Labute approximate surface area is 96.3 Å². The quantitative estimate of drug-likeness (QED) is 0.701. The van der Waals surface area contributed by atoms with E-state index in [2.05, 4.69) is 5.32 Å². The van der Waals surface area contributed by atoms with Crippen LogP contribution in [-0.2, 0) is 0 Å². The van der Waals surface area contributed by atoms with E-state index in [0.717, 1.165) is 42.9 Å². The van der Waals surface area contributed by atoms with E-state index in [1.807, 2.05) is 24.3 Å². The smallest absolute Gasteiger partial charge is 0.0431 e. The minimum Gasteiger partial charge on any atom is -0.396 e. The van der Waals surface area contributed by atoms with Gasteiger partial charge in [0.1, 0.15) is 0 Å². The highest BCUT2D eigenvalue weighted by Crippen LogP contribution is 2.14. The van der Waals surface area contributed by atoms with Crippen LogP contribution in [0.1, 0.15) is 25.7 Å². The maximum absolute atomic E-state index is 8.60. The van der Waals surface area contributed by atoms with Crippen molar-refractivity contribution in [1.29, 1.82) is 0 Å². The molecule has 0 heterocycles. The molecule has 1 aromatic carbocycles. The van der Waals surface area contributed by atoms with Crippen molar-refractivity contribution in [2.24, 2.45) is 0 Å². The van der Waals surface area contributed by atoms with Crippen molar-refractivity contribution < 1.29 is 5.11 Å². The van der Waals surface area contributed by atoms with Gasteiger partial charge in [-0.2, -0.15) is 0 Å². The van der Waals surface area contributed by atoms with Crippen molar-refractivity contribution >= 4 is 17.3 Å². The molecule has 0 saturated carbocycles. The first-order valence-electron chi connectivity index (χ1n) is 5.43. The lowest BCUT2D eigenvalue weighted by atomic mass is 10.2. The van der Waals surface area contributed by atoms with Gasteiger partial charge in [-0.3, -0.25) is 0 Å². The fourth-order valence-corrected chi connectivity index (χ4v) is 1.61. The number of aliphatic hydroxyl groups excluding tert-OH is 1. The van der Waals surface area contributed by atoms with Gasteiger partial charge in [0.25, 0.3) is 0 Å². The fraction of sp³-hybridized carbons (Fsp3) is 0.500. The average Bonchev–Trinajstić information content (AvgIpc) is 2.23. The summed E-state index contributed by atoms with van der Waals surface area (Å²) < 4.78 is 0. The molecule has 0 saturated heterocycles. The van der Waals surface area contributed by atoms with Crippen LogP contribution in [0.25, 0.3) is 0 Å². The molecule has 2 nitrogen and oxygen atoms in total. The van der Waals surface area contributed by atoms with Gasteiger partial charge < -0.3 is 10.4 Å². The number of benzene rings is 1. The number of nitrogens with one attached hydrogen (secondary N) is 1. The highest BCUT2D eigenvalue weighted by atomic mass is 35.5. The van der Waals surface area contributed by atoms with E-state index in [-0.39, 0.29) is 0 Å². The molecule has 0 aromatic heterocycles. The molecule has 0 fully saturated rings. The largest absolute Gasteiger partial charge is 0.396 e. The number of hydrogen-bond acceptors (Lipinski definition) is 2. The number of unbranched alkanes of at least 4 members (excludes halogenated alkanes) is 3. The maximum Gasteiger partial charge on any atom is 0.0431 e. The van der Waals surface area contributed by atoms with E-state index < -0.39 is 0 Å². The molecule has 15 heavy (non-hydrogen) atoms. The lowest BCUT2D eigenvalue weighted by Gasteiger charge is -2.06. The Bertz CT molecular complexity index is 278. The molecule has 0 aliphatic rings. The minimum absolute atomic E-state index is 0.307. The van der Waals surface area contributed by atoms with Crippen LogP contribution in [0.2, 0.25) is 5.02 Å². The third kappa shape index (κ3) is 5.65. The second kappa shape index (κ2) is 7.55. The van der Waals surface area contributed by atoms with Crippen LogP contribution < -0.4 is 5.32 Å². The Morgan fingerprint density at radius 2 is 1.93 bits per heavy atom. The Morgan fingerprint density at radius 3 is 2.67 bits per heavy atom. The monoisotopic (exact) mass is 227 g/mol. The summed E-state index contributed by atoms with van der Waals surface area (Å²) >= 11 is 5.86. The number of anilines is 1. The van der Waals surface area contributed by atoms with E-state index >= 15 is 0 Å². The molecule has 0 amide bonds. The van der Waals surface area contributed by atoms with Crippen LogP contribution in [0.5, 0.6) is 0 Å². The minimum atomic E-state index is 0.307. The zero-order chi connectivity index (χ0) is 10.9. The second-order valence-electron chi connectivity index (χ2n) is 3.57.